The third kappa shape index (κ3) is 3.96. The molecule has 0 saturated heterocycles. The topological polar surface area (TPSA) is 137 Å². The Balaban J connectivity index is 1.68. The number of nitrogens with zero attached hydrogens (tertiary/aromatic N) is 5. The van der Waals surface area contributed by atoms with Gasteiger partial charge in [0.15, 0.2) is 0 Å². The van der Waals surface area contributed by atoms with E-state index in [9.17, 15) is 22.4 Å². The number of aryl methyl sites for hydroxylation is 1. The van der Waals surface area contributed by atoms with Crippen molar-refractivity contribution < 1.29 is 12.8 Å². The van der Waals surface area contributed by atoms with Gasteiger partial charge in [-0.05, 0) is 31.0 Å². The van der Waals surface area contributed by atoms with E-state index in [0.717, 1.165) is 4.57 Å². The van der Waals surface area contributed by atoms with E-state index in [2.05, 4.69) is 20.0 Å². The van der Waals surface area contributed by atoms with Crippen molar-refractivity contribution >= 4 is 20.9 Å². The summed E-state index contributed by atoms with van der Waals surface area (Å²) in [6, 6.07) is 3.98. The van der Waals surface area contributed by atoms with Gasteiger partial charge in [0.2, 0.25) is 10.0 Å². The monoisotopic (exact) mass is 487 g/mol. The van der Waals surface area contributed by atoms with Gasteiger partial charge in [-0.25, -0.2) is 22.3 Å². The molecule has 0 spiro atoms. The van der Waals surface area contributed by atoms with Crippen molar-refractivity contribution in [3.05, 3.63) is 75.0 Å². The number of rotatable bonds is 8. The molecule has 34 heavy (non-hydrogen) atoms. The first-order valence-corrected chi connectivity index (χ1v) is 12.0. The van der Waals surface area contributed by atoms with Crippen molar-refractivity contribution in [2.45, 2.75) is 36.4 Å². The second kappa shape index (κ2) is 8.02. The lowest BCUT2D eigenvalue weighted by molar-refractivity contribution is 0.393. The molecule has 3 heterocycles. The van der Waals surface area contributed by atoms with Crippen LogP contribution in [0.15, 0.2) is 57.5 Å². The summed E-state index contributed by atoms with van der Waals surface area (Å²) in [6.45, 7) is -0.719. The first-order chi connectivity index (χ1) is 16.2. The Hall–Kier alpha value is -3.58. The number of hydrogen-bond donors (Lipinski definition) is 2. The maximum Gasteiger partial charge on any atom is 0.332 e. The van der Waals surface area contributed by atoms with Crippen LogP contribution in [0.2, 0.25) is 0 Å². The normalized spacial score (nSPS) is 15.1. The summed E-state index contributed by atoms with van der Waals surface area (Å²) in [6.07, 6.45) is 7.25. The standard InChI is InChI=1S/C21H22FN7O4S/c1-27-10-15(9-25-27)12-29-19(30)17-6-16(34(32,33)26-21(13-22)4-5-21)2-3-18(17)28(20(29)31)11-14-7-23-24-8-14/h2-3,6-10,26H,4-5,11-13H2,1H3,(H,23,24). The highest BCUT2D eigenvalue weighted by atomic mass is 32.2. The molecule has 0 atom stereocenters. The predicted octanol–water partition coefficient (Wildman–Crippen LogP) is 0.497. The van der Waals surface area contributed by atoms with E-state index in [-0.39, 0.29) is 28.9 Å². The lowest BCUT2D eigenvalue weighted by Gasteiger charge is -2.16. The van der Waals surface area contributed by atoms with Gasteiger partial charge in [-0.2, -0.15) is 10.2 Å². The first-order valence-electron chi connectivity index (χ1n) is 10.5. The van der Waals surface area contributed by atoms with Crippen LogP contribution in [-0.2, 0) is 30.2 Å². The van der Waals surface area contributed by atoms with Gasteiger partial charge in [0.05, 0.1) is 46.8 Å². The number of halogens is 1. The maximum atomic E-state index is 13.4. The van der Waals surface area contributed by atoms with E-state index in [4.69, 9.17) is 0 Å². The molecule has 0 radical (unpaired) electrons. The molecule has 13 heteroatoms. The Morgan fingerprint density at radius 2 is 1.91 bits per heavy atom. The Morgan fingerprint density at radius 3 is 2.53 bits per heavy atom. The van der Waals surface area contributed by atoms with Crippen LogP contribution in [0, 0.1) is 0 Å². The minimum Gasteiger partial charge on any atom is -0.289 e. The molecule has 178 valence electrons. The van der Waals surface area contributed by atoms with E-state index in [1.807, 2.05) is 0 Å². The van der Waals surface area contributed by atoms with Crippen LogP contribution in [0.3, 0.4) is 0 Å². The van der Waals surface area contributed by atoms with E-state index < -0.39 is 33.5 Å². The summed E-state index contributed by atoms with van der Waals surface area (Å²) in [4.78, 5) is 26.6. The third-order valence-corrected chi connectivity index (χ3v) is 7.54. The van der Waals surface area contributed by atoms with Crippen LogP contribution in [0.5, 0.6) is 0 Å². The quantitative estimate of drug-likeness (QED) is 0.371. The molecule has 0 bridgehead atoms. The molecule has 11 nitrogen and oxygen atoms in total. The van der Waals surface area contributed by atoms with Crippen LogP contribution in [-0.4, -0.2) is 49.7 Å². The number of H-pyrrole nitrogens is 1. The minimum atomic E-state index is -4.07. The van der Waals surface area contributed by atoms with Crippen molar-refractivity contribution in [1.82, 2.24) is 33.8 Å². The van der Waals surface area contributed by atoms with Gasteiger partial charge in [-0.3, -0.25) is 23.7 Å². The van der Waals surface area contributed by atoms with Gasteiger partial charge in [0.1, 0.15) is 6.67 Å². The number of hydrogen-bond acceptors (Lipinski definition) is 6. The van der Waals surface area contributed by atoms with Crippen LogP contribution in [0.25, 0.3) is 10.9 Å². The summed E-state index contributed by atoms with van der Waals surface area (Å²) < 4.78 is 45.5. The summed E-state index contributed by atoms with van der Waals surface area (Å²) in [5.74, 6) is 0. The molecule has 0 amide bonds. The van der Waals surface area contributed by atoms with Gasteiger partial charge in [-0.1, -0.05) is 0 Å². The summed E-state index contributed by atoms with van der Waals surface area (Å²) in [7, 11) is -2.35. The molecule has 1 aliphatic rings. The lowest BCUT2D eigenvalue weighted by atomic mass is 10.2. The van der Waals surface area contributed by atoms with E-state index >= 15 is 0 Å². The van der Waals surface area contributed by atoms with Crippen LogP contribution < -0.4 is 16.0 Å². The van der Waals surface area contributed by atoms with Crippen molar-refractivity contribution in [2.24, 2.45) is 7.05 Å². The molecule has 0 unspecified atom stereocenters. The van der Waals surface area contributed by atoms with Gasteiger partial charge in [0.25, 0.3) is 5.56 Å². The number of aromatic amines is 1. The van der Waals surface area contributed by atoms with Crippen molar-refractivity contribution in [3.8, 4) is 0 Å². The molecular formula is C21H22FN7O4S. The first kappa shape index (κ1) is 22.2. The number of nitrogens with one attached hydrogen (secondary N) is 2. The molecule has 1 saturated carbocycles. The molecule has 1 aliphatic carbocycles. The molecule has 1 fully saturated rings. The van der Waals surface area contributed by atoms with Gasteiger partial charge in [0, 0.05) is 30.6 Å². The minimum absolute atomic E-state index is 0.0347. The number of aromatic nitrogens is 6. The second-order valence-electron chi connectivity index (χ2n) is 8.59. The Morgan fingerprint density at radius 1 is 1.15 bits per heavy atom. The fourth-order valence-corrected chi connectivity index (χ4v) is 5.37. The predicted molar refractivity (Wildman–Crippen MR) is 121 cm³/mol. The Kier molecular flexibility index (Phi) is 5.24. The second-order valence-corrected chi connectivity index (χ2v) is 10.3. The largest absolute Gasteiger partial charge is 0.332 e. The van der Waals surface area contributed by atoms with Gasteiger partial charge >= 0.3 is 5.69 Å². The summed E-state index contributed by atoms with van der Waals surface area (Å²) >= 11 is 0. The average Bonchev–Trinajstić information content (AvgIpc) is 3.17. The number of alkyl halides is 1. The molecule has 2 N–H and O–H groups in total. The maximum absolute atomic E-state index is 13.4. The Labute approximate surface area is 192 Å². The fourth-order valence-electron chi connectivity index (χ4n) is 3.90. The molecule has 0 aliphatic heterocycles. The van der Waals surface area contributed by atoms with Crippen molar-refractivity contribution in [3.63, 3.8) is 0 Å². The van der Waals surface area contributed by atoms with Crippen LogP contribution in [0.1, 0.15) is 24.0 Å². The van der Waals surface area contributed by atoms with E-state index in [0.29, 0.717) is 24.0 Å². The van der Waals surface area contributed by atoms with Gasteiger partial charge in [-0.15, -0.1) is 0 Å². The van der Waals surface area contributed by atoms with Crippen molar-refractivity contribution in [1.29, 1.82) is 0 Å². The van der Waals surface area contributed by atoms with Crippen LogP contribution in [0.4, 0.5) is 4.39 Å². The summed E-state index contributed by atoms with van der Waals surface area (Å²) in [5, 5.41) is 10.7. The van der Waals surface area contributed by atoms with E-state index in [1.165, 1.54) is 22.8 Å². The number of sulfonamides is 1. The zero-order valence-corrected chi connectivity index (χ0v) is 19.0. The van der Waals surface area contributed by atoms with E-state index in [1.54, 1.807) is 36.5 Å². The molecule has 5 rings (SSSR count). The molecular weight excluding hydrogens is 465 g/mol. The third-order valence-electron chi connectivity index (χ3n) is 5.96. The zero-order valence-electron chi connectivity index (χ0n) is 18.2. The van der Waals surface area contributed by atoms with Crippen LogP contribution >= 0.6 is 0 Å². The average molecular weight is 488 g/mol. The lowest BCUT2D eigenvalue weighted by Crippen LogP contribution is -2.41. The van der Waals surface area contributed by atoms with Gasteiger partial charge < -0.3 is 0 Å². The summed E-state index contributed by atoms with van der Waals surface area (Å²) in [5.41, 5.74) is -0.633. The number of fused-ring (bicyclic) bond motifs is 1. The molecule has 1 aromatic carbocycles. The highest BCUT2D eigenvalue weighted by Gasteiger charge is 2.46. The highest BCUT2D eigenvalue weighted by molar-refractivity contribution is 7.89. The van der Waals surface area contributed by atoms with Crippen molar-refractivity contribution in [2.75, 3.05) is 6.67 Å². The SMILES string of the molecule is Cn1cc(Cn2c(=O)c3cc(S(=O)(=O)NC4(CF)CC4)ccc3n(Cc3cn[nH]c3)c2=O)cn1. The fraction of sp³-hybridized carbons (Fsp3) is 0.333. The Bertz CT molecular complexity index is 1600. The number of benzene rings is 1. The molecule has 3 aromatic heterocycles. The molecule has 4 aromatic rings. The zero-order chi connectivity index (χ0) is 24.1. The smallest absolute Gasteiger partial charge is 0.289 e. The highest BCUT2D eigenvalue weighted by Crippen LogP contribution is 2.37.